The highest BCUT2D eigenvalue weighted by molar-refractivity contribution is 5.14. The van der Waals surface area contributed by atoms with Gasteiger partial charge in [0.05, 0.1) is 0 Å². The van der Waals surface area contributed by atoms with Crippen molar-refractivity contribution in [2.24, 2.45) is 0 Å². The van der Waals surface area contributed by atoms with Gasteiger partial charge in [-0.3, -0.25) is 0 Å². The maximum Gasteiger partial charge on any atom is 0.0166 e. The van der Waals surface area contributed by atoms with E-state index in [-0.39, 0.29) is 0 Å². The zero-order valence-electron chi connectivity index (χ0n) is 11.4. The number of benzene rings is 1. The molecule has 1 rings (SSSR count). The van der Waals surface area contributed by atoms with E-state index in [1.807, 2.05) is 0 Å². The number of nitrogens with zero attached hydrogens (tertiary/aromatic N) is 1. The molecule has 0 saturated heterocycles. The largest absolute Gasteiger partial charge is 0.313 e. The number of hydrogen-bond donors (Lipinski definition) is 1. The fourth-order valence-corrected chi connectivity index (χ4v) is 2.04. The average molecular weight is 234 g/mol. The Morgan fingerprint density at radius 3 is 2.35 bits per heavy atom. The highest BCUT2D eigenvalue weighted by Crippen LogP contribution is 1.99. The molecule has 1 atom stereocenters. The monoisotopic (exact) mass is 234 g/mol. The summed E-state index contributed by atoms with van der Waals surface area (Å²) >= 11 is 0. The van der Waals surface area contributed by atoms with E-state index in [0.717, 1.165) is 32.6 Å². The lowest BCUT2D eigenvalue weighted by Crippen LogP contribution is -2.39. The van der Waals surface area contributed by atoms with Gasteiger partial charge in [0.25, 0.3) is 0 Å². The van der Waals surface area contributed by atoms with Crippen LogP contribution < -0.4 is 5.32 Å². The van der Waals surface area contributed by atoms with Crippen molar-refractivity contribution in [3.63, 3.8) is 0 Å². The summed E-state index contributed by atoms with van der Waals surface area (Å²) in [5.41, 5.74) is 1.41. The predicted octanol–water partition coefficient (Wildman–Crippen LogP) is 2.55. The minimum Gasteiger partial charge on any atom is -0.313 e. The Morgan fingerprint density at radius 1 is 1.12 bits per heavy atom. The molecule has 0 fully saturated rings. The van der Waals surface area contributed by atoms with Gasteiger partial charge in [-0.1, -0.05) is 44.2 Å². The van der Waals surface area contributed by atoms with Gasteiger partial charge in [0.15, 0.2) is 0 Å². The van der Waals surface area contributed by atoms with Crippen LogP contribution in [-0.4, -0.2) is 37.1 Å². The maximum atomic E-state index is 3.59. The first-order valence-electron chi connectivity index (χ1n) is 6.75. The third kappa shape index (κ3) is 5.85. The topological polar surface area (TPSA) is 15.3 Å². The summed E-state index contributed by atoms with van der Waals surface area (Å²) in [6.07, 6.45) is 1.11. The van der Waals surface area contributed by atoms with E-state index in [0.29, 0.717) is 6.04 Å². The average Bonchev–Trinajstić information content (AvgIpc) is 2.37. The second-order valence-electron chi connectivity index (χ2n) is 4.58. The van der Waals surface area contributed by atoms with E-state index < -0.39 is 0 Å². The normalized spacial score (nSPS) is 12.9. The molecule has 0 aliphatic carbocycles. The zero-order chi connectivity index (χ0) is 12.5. The number of nitrogens with one attached hydrogen (secondary N) is 1. The molecule has 0 bridgehead atoms. The lowest BCUT2D eigenvalue weighted by Gasteiger charge is -2.23. The standard InChI is InChI=1S/C15H26N2/c1-4-17(5-2)13-14(3)16-12-11-15-9-7-6-8-10-15/h6-10,14,16H,4-5,11-13H2,1-3H3. The lowest BCUT2D eigenvalue weighted by atomic mass is 10.1. The van der Waals surface area contributed by atoms with Crippen LogP contribution in [0.4, 0.5) is 0 Å². The molecule has 1 aromatic carbocycles. The second-order valence-corrected chi connectivity index (χ2v) is 4.58. The molecule has 1 aromatic rings. The Balaban J connectivity index is 2.18. The Morgan fingerprint density at radius 2 is 1.76 bits per heavy atom. The van der Waals surface area contributed by atoms with Gasteiger partial charge in [-0.2, -0.15) is 0 Å². The molecule has 2 nitrogen and oxygen atoms in total. The van der Waals surface area contributed by atoms with E-state index in [4.69, 9.17) is 0 Å². The minimum absolute atomic E-state index is 0.568. The first-order chi connectivity index (χ1) is 8.26. The molecule has 0 aliphatic heterocycles. The number of hydrogen-bond acceptors (Lipinski definition) is 2. The van der Waals surface area contributed by atoms with Gasteiger partial charge in [-0.15, -0.1) is 0 Å². The Labute approximate surface area is 106 Å². The maximum absolute atomic E-state index is 3.59. The van der Waals surface area contributed by atoms with Crippen LogP contribution in [0.15, 0.2) is 30.3 Å². The van der Waals surface area contributed by atoms with Gasteiger partial charge in [0, 0.05) is 12.6 Å². The summed E-state index contributed by atoms with van der Waals surface area (Å²) in [6.45, 7) is 11.2. The first-order valence-corrected chi connectivity index (χ1v) is 6.75. The quantitative estimate of drug-likeness (QED) is 0.743. The number of likely N-dealkylation sites (N-methyl/N-ethyl adjacent to an activating group) is 1. The summed E-state index contributed by atoms with van der Waals surface area (Å²) < 4.78 is 0. The summed E-state index contributed by atoms with van der Waals surface area (Å²) in [6, 6.07) is 11.2. The summed E-state index contributed by atoms with van der Waals surface area (Å²) in [7, 11) is 0. The molecule has 0 aliphatic rings. The molecule has 0 amide bonds. The fraction of sp³-hybridized carbons (Fsp3) is 0.600. The van der Waals surface area contributed by atoms with Crippen molar-refractivity contribution in [1.29, 1.82) is 0 Å². The van der Waals surface area contributed by atoms with Crippen LogP contribution >= 0.6 is 0 Å². The summed E-state index contributed by atoms with van der Waals surface area (Å²) in [5, 5.41) is 3.59. The van der Waals surface area contributed by atoms with Crippen molar-refractivity contribution in [1.82, 2.24) is 10.2 Å². The predicted molar refractivity (Wildman–Crippen MR) is 75.4 cm³/mol. The van der Waals surface area contributed by atoms with E-state index in [9.17, 15) is 0 Å². The Hall–Kier alpha value is -0.860. The molecule has 96 valence electrons. The molecule has 1 N–H and O–H groups in total. The van der Waals surface area contributed by atoms with Crippen LogP contribution in [0.25, 0.3) is 0 Å². The number of rotatable bonds is 8. The molecular weight excluding hydrogens is 208 g/mol. The molecule has 0 saturated carbocycles. The molecule has 0 aromatic heterocycles. The molecular formula is C15H26N2. The second kappa shape index (κ2) is 8.26. The van der Waals surface area contributed by atoms with Crippen molar-refractivity contribution in [3.8, 4) is 0 Å². The van der Waals surface area contributed by atoms with Crippen LogP contribution in [0.1, 0.15) is 26.3 Å². The van der Waals surface area contributed by atoms with Crippen molar-refractivity contribution in [2.75, 3.05) is 26.2 Å². The van der Waals surface area contributed by atoms with Gasteiger partial charge < -0.3 is 10.2 Å². The van der Waals surface area contributed by atoms with Crippen LogP contribution in [-0.2, 0) is 6.42 Å². The van der Waals surface area contributed by atoms with Gasteiger partial charge in [-0.25, -0.2) is 0 Å². The van der Waals surface area contributed by atoms with Crippen LogP contribution in [0.5, 0.6) is 0 Å². The molecule has 0 spiro atoms. The fourth-order valence-electron chi connectivity index (χ4n) is 2.04. The van der Waals surface area contributed by atoms with Gasteiger partial charge in [0.2, 0.25) is 0 Å². The Kier molecular flexibility index (Phi) is 6.90. The van der Waals surface area contributed by atoms with Crippen molar-refractivity contribution in [2.45, 2.75) is 33.2 Å². The van der Waals surface area contributed by atoms with Crippen LogP contribution in [0.2, 0.25) is 0 Å². The van der Waals surface area contributed by atoms with Crippen molar-refractivity contribution >= 4 is 0 Å². The van der Waals surface area contributed by atoms with Crippen LogP contribution in [0.3, 0.4) is 0 Å². The smallest absolute Gasteiger partial charge is 0.0166 e. The van der Waals surface area contributed by atoms with Gasteiger partial charge >= 0.3 is 0 Å². The summed E-state index contributed by atoms with van der Waals surface area (Å²) in [5.74, 6) is 0. The van der Waals surface area contributed by atoms with Crippen molar-refractivity contribution < 1.29 is 0 Å². The molecule has 0 heterocycles. The molecule has 17 heavy (non-hydrogen) atoms. The molecule has 1 unspecified atom stereocenters. The van der Waals surface area contributed by atoms with Gasteiger partial charge in [0.1, 0.15) is 0 Å². The highest BCUT2D eigenvalue weighted by Gasteiger charge is 2.05. The van der Waals surface area contributed by atoms with E-state index >= 15 is 0 Å². The highest BCUT2D eigenvalue weighted by atomic mass is 15.1. The first kappa shape index (κ1) is 14.2. The van der Waals surface area contributed by atoms with E-state index in [1.165, 1.54) is 5.56 Å². The van der Waals surface area contributed by atoms with Crippen molar-refractivity contribution in [3.05, 3.63) is 35.9 Å². The van der Waals surface area contributed by atoms with E-state index in [2.05, 4.69) is 61.3 Å². The SMILES string of the molecule is CCN(CC)CC(C)NCCc1ccccc1. The molecule has 2 heteroatoms. The van der Waals surface area contributed by atoms with E-state index in [1.54, 1.807) is 0 Å². The molecule has 0 radical (unpaired) electrons. The minimum atomic E-state index is 0.568. The zero-order valence-corrected chi connectivity index (χ0v) is 11.4. The van der Waals surface area contributed by atoms with Crippen LogP contribution in [0, 0.1) is 0 Å². The third-order valence-electron chi connectivity index (χ3n) is 3.18. The van der Waals surface area contributed by atoms with Gasteiger partial charge in [-0.05, 0) is 38.5 Å². The Bertz CT molecular complexity index is 280. The lowest BCUT2D eigenvalue weighted by molar-refractivity contribution is 0.272. The third-order valence-corrected chi connectivity index (χ3v) is 3.18. The summed E-state index contributed by atoms with van der Waals surface area (Å²) in [4.78, 5) is 2.46.